The molecule has 2 heterocycles. The lowest BCUT2D eigenvalue weighted by Gasteiger charge is -2.16. The number of aromatic nitrogens is 6. The largest absolute Gasteiger partial charge is 0.208 e. The van der Waals surface area contributed by atoms with E-state index in [0.29, 0.717) is 34.9 Å². The van der Waals surface area contributed by atoms with E-state index in [2.05, 4.69) is 121 Å². The summed E-state index contributed by atoms with van der Waals surface area (Å²) in [7, 11) is 0. The molecular weight excluding hydrogens is 829 g/mol. The summed E-state index contributed by atoms with van der Waals surface area (Å²) in [6.45, 7) is 0. The second-order valence-electron chi connectivity index (χ2n) is 16.7. The van der Waals surface area contributed by atoms with Gasteiger partial charge in [-0.2, -0.15) is 0 Å². The fourth-order valence-corrected chi connectivity index (χ4v) is 8.89. The van der Waals surface area contributed by atoms with Gasteiger partial charge in [0, 0.05) is 33.4 Å². The lowest BCUT2D eigenvalue weighted by molar-refractivity contribution is 1.07. The van der Waals surface area contributed by atoms with Gasteiger partial charge in [-0.05, 0) is 79.2 Å². The van der Waals surface area contributed by atoms with Gasteiger partial charge in [-0.3, -0.25) is 0 Å². The molecule has 12 rings (SSSR count). The highest BCUT2D eigenvalue weighted by molar-refractivity contribution is 5.95. The van der Waals surface area contributed by atoms with Crippen LogP contribution in [-0.2, 0) is 0 Å². The molecule has 0 radical (unpaired) electrons. The van der Waals surface area contributed by atoms with Crippen molar-refractivity contribution >= 4 is 21.5 Å². The molecule has 0 N–H and O–H groups in total. The van der Waals surface area contributed by atoms with Crippen LogP contribution in [0.1, 0.15) is 0 Å². The molecule has 6 heteroatoms. The zero-order valence-electron chi connectivity index (χ0n) is 36.8. The summed E-state index contributed by atoms with van der Waals surface area (Å²) in [6.07, 6.45) is 0. The highest BCUT2D eigenvalue weighted by Crippen LogP contribution is 2.41. The van der Waals surface area contributed by atoms with E-state index in [0.717, 1.165) is 77.5 Å². The van der Waals surface area contributed by atoms with Crippen molar-refractivity contribution in [1.82, 2.24) is 29.9 Å². The first-order valence-corrected chi connectivity index (χ1v) is 22.7. The van der Waals surface area contributed by atoms with Crippen LogP contribution in [0.4, 0.5) is 0 Å². The van der Waals surface area contributed by atoms with Gasteiger partial charge >= 0.3 is 0 Å². The van der Waals surface area contributed by atoms with Crippen molar-refractivity contribution in [3.8, 4) is 102 Å². The Bertz CT molecular complexity index is 3420. The molecule has 0 saturated heterocycles. The Balaban J connectivity index is 1.09. The first kappa shape index (κ1) is 40.3. The van der Waals surface area contributed by atoms with Crippen molar-refractivity contribution in [2.24, 2.45) is 0 Å². The maximum absolute atomic E-state index is 5.25. The van der Waals surface area contributed by atoms with Crippen molar-refractivity contribution in [3.63, 3.8) is 0 Å². The molecule has 0 spiro atoms. The Labute approximate surface area is 394 Å². The Morgan fingerprint density at radius 2 is 0.441 bits per heavy atom. The summed E-state index contributed by atoms with van der Waals surface area (Å²) >= 11 is 0. The molecule has 10 aromatic carbocycles. The van der Waals surface area contributed by atoms with Crippen molar-refractivity contribution < 1.29 is 0 Å². The van der Waals surface area contributed by atoms with Gasteiger partial charge < -0.3 is 0 Å². The van der Waals surface area contributed by atoms with Gasteiger partial charge in [0.15, 0.2) is 34.9 Å². The van der Waals surface area contributed by atoms with Crippen molar-refractivity contribution in [2.75, 3.05) is 0 Å². The zero-order chi connectivity index (χ0) is 45.2. The zero-order valence-corrected chi connectivity index (χ0v) is 36.8. The second kappa shape index (κ2) is 17.6. The second-order valence-corrected chi connectivity index (χ2v) is 16.7. The molecule has 318 valence electrons. The van der Waals surface area contributed by atoms with Crippen LogP contribution in [0.3, 0.4) is 0 Å². The highest BCUT2D eigenvalue weighted by atomic mass is 15.0. The van der Waals surface area contributed by atoms with Crippen molar-refractivity contribution in [1.29, 1.82) is 0 Å². The quantitative estimate of drug-likeness (QED) is 0.144. The third kappa shape index (κ3) is 7.97. The molecule has 2 aromatic heterocycles. The summed E-state index contributed by atoms with van der Waals surface area (Å²) in [5, 5.41) is 4.66. The Morgan fingerprint density at radius 1 is 0.162 bits per heavy atom. The Morgan fingerprint density at radius 3 is 0.779 bits per heavy atom. The van der Waals surface area contributed by atoms with Crippen LogP contribution >= 0.6 is 0 Å². The first-order chi connectivity index (χ1) is 33.7. The summed E-state index contributed by atoms with van der Waals surface area (Å²) in [4.78, 5) is 31.1. The molecule has 68 heavy (non-hydrogen) atoms. The van der Waals surface area contributed by atoms with Crippen LogP contribution in [0.2, 0.25) is 0 Å². The summed E-state index contributed by atoms with van der Waals surface area (Å²) in [5.74, 6) is 3.56. The number of rotatable bonds is 9. The Kier molecular flexibility index (Phi) is 10.4. The number of fused-ring (bicyclic) bond motifs is 2. The van der Waals surface area contributed by atoms with Gasteiger partial charge in [0.25, 0.3) is 0 Å². The van der Waals surface area contributed by atoms with Gasteiger partial charge in [0.05, 0.1) is 0 Å². The molecule has 0 fully saturated rings. The van der Waals surface area contributed by atoms with Crippen LogP contribution in [0.5, 0.6) is 0 Å². The van der Waals surface area contributed by atoms with E-state index in [1.54, 1.807) is 0 Å². The number of benzene rings is 10. The fourth-order valence-electron chi connectivity index (χ4n) is 8.89. The normalized spacial score (nSPS) is 11.2. The molecule has 12 aromatic rings. The molecule has 0 aliphatic heterocycles. The summed E-state index contributed by atoms with van der Waals surface area (Å²) in [6, 6.07) is 83.8. The van der Waals surface area contributed by atoms with Gasteiger partial charge in [-0.15, -0.1) is 0 Å². The maximum atomic E-state index is 5.25. The molecule has 0 aliphatic rings. The van der Waals surface area contributed by atoms with E-state index in [9.17, 15) is 0 Å². The molecule has 0 aliphatic carbocycles. The molecular formula is C62H40N6. The summed E-state index contributed by atoms with van der Waals surface area (Å²) < 4.78 is 0. The molecule has 0 saturated carbocycles. The minimum absolute atomic E-state index is 0.577. The number of hydrogen-bond acceptors (Lipinski definition) is 6. The van der Waals surface area contributed by atoms with Crippen LogP contribution in [0.25, 0.3) is 123 Å². The van der Waals surface area contributed by atoms with Crippen molar-refractivity contribution in [2.45, 2.75) is 0 Å². The lowest BCUT2D eigenvalue weighted by Crippen LogP contribution is -2.02. The topological polar surface area (TPSA) is 77.3 Å². The van der Waals surface area contributed by atoms with E-state index in [1.807, 2.05) is 121 Å². The van der Waals surface area contributed by atoms with Crippen LogP contribution < -0.4 is 0 Å². The molecule has 0 atom stereocenters. The average Bonchev–Trinajstić information content (AvgIpc) is 3.43. The van der Waals surface area contributed by atoms with Gasteiger partial charge in [0.2, 0.25) is 0 Å². The average molecular weight is 869 g/mol. The SMILES string of the molecule is c1ccc(-c2nc(-c3ccccc3)nc(-c3cc(-c4ccc(-c5ccc6ccccc6c5)c(-c5nc(-c6ccccc6)nc(-c6ccccc6)n5)c4)ccc3-c3ccc4ccccc4c3)n2)cc1. The molecule has 0 amide bonds. The maximum Gasteiger partial charge on any atom is 0.164 e. The highest BCUT2D eigenvalue weighted by Gasteiger charge is 2.21. The fraction of sp³-hybridized carbons (Fsp3) is 0. The number of hydrogen-bond donors (Lipinski definition) is 0. The molecule has 0 unspecified atom stereocenters. The molecule has 0 bridgehead atoms. The van der Waals surface area contributed by atoms with E-state index in [4.69, 9.17) is 29.9 Å². The Hall–Kier alpha value is -9.26. The predicted molar refractivity (Wildman–Crippen MR) is 277 cm³/mol. The minimum Gasteiger partial charge on any atom is -0.208 e. The van der Waals surface area contributed by atoms with Gasteiger partial charge in [-0.25, -0.2) is 29.9 Å². The monoisotopic (exact) mass is 868 g/mol. The lowest BCUT2D eigenvalue weighted by atomic mass is 9.90. The van der Waals surface area contributed by atoms with Crippen LogP contribution in [0.15, 0.2) is 243 Å². The van der Waals surface area contributed by atoms with Crippen LogP contribution in [0, 0.1) is 0 Å². The van der Waals surface area contributed by atoms with E-state index < -0.39 is 0 Å². The minimum atomic E-state index is 0.577. The van der Waals surface area contributed by atoms with Gasteiger partial charge in [0.1, 0.15) is 0 Å². The van der Waals surface area contributed by atoms with Crippen molar-refractivity contribution in [3.05, 3.63) is 243 Å². The van der Waals surface area contributed by atoms with E-state index in [-0.39, 0.29) is 0 Å². The smallest absolute Gasteiger partial charge is 0.164 e. The van der Waals surface area contributed by atoms with Gasteiger partial charge in [-0.1, -0.05) is 218 Å². The number of nitrogens with zero attached hydrogens (tertiary/aromatic N) is 6. The third-order valence-corrected chi connectivity index (χ3v) is 12.4. The summed E-state index contributed by atoms with van der Waals surface area (Å²) in [5.41, 5.74) is 11.5. The third-order valence-electron chi connectivity index (χ3n) is 12.4. The standard InChI is InChI=1S/C62H40N6/c1-5-19-43(20-6-1)57-63-58(44-21-7-2-8-22-44)66-61(65-57)55-39-49(33-35-53(55)51-31-29-41-17-13-15-27-47(41)37-51)50-34-36-54(52-32-30-42-18-14-16-28-48(42)38-52)56(40-50)62-67-59(45-23-9-3-10-24-45)64-60(68-62)46-25-11-4-12-26-46/h1-40H. The van der Waals surface area contributed by atoms with E-state index >= 15 is 0 Å². The molecule has 6 nitrogen and oxygen atoms in total. The van der Waals surface area contributed by atoms with E-state index in [1.165, 1.54) is 10.8 Å². The first-order valence-electron chi connectivity index (χ1n) is 22.7. The van der Waals surface area contributed by atoms with Crippen LogP contribution in [-0.4, -0.2) is 29.9 Å². The predicted octanol–water partition coefficient (Wildman–Crippen LogP) is 15.4.